The SMILES string of the molecule is CCN(CCOC)C(=O)C1CCc2c(sc3ncnc(Cl)c23)C1.CCN(CCOC)C(=O)C1CCc2c(sc3ncnc(Nc4cc5c(cc4OC)CC(=O)S5)c23)C1. The van der Waals surface area contributed by atoms with Gasteiger partial charge in [-0.2, -0.15) is 0 Å². The van der Waals surface area contributed by atoms with E-state index in [-0.39, 0.29) is 28.8 Å². The highest BCUT2D eigenvalue weighted by molar-refractivity contribution is 8.14. The van der Waals surface area contributed by atoms with Crippen molar-refractivity contribution in [3.63, 3.8) is 0 Å². The van der Waals surface area contributed by atoms with Crippen LogP contribution in [0.15, 0.2) is 29.7 Å². The van der Waals surface area contributed by atoms with Crippen LogP contribution in [-0.4, -0.2) is 107 Å². The number of aromatic nitrogens is 4. The number of likely N-dealkylation sites (N-methyl/N-ethyl adjacent to an activating group) is 2. The van der Waals surface area contributed by atoms with Gasteiger partial charge in [-0.05, 0) is 81.2 Å². The molecule has 0 radical (unpaired) electrons. The fourth-order valence-electron chi connectivity index (χ4n) is 8.01. The number of rotatable bonds is 13. The van der Waals surface area contributed by atoms with E-state index >= 15 is 0 Å². The first-order chi connectivity index (χ1) is 28.2. The number of fused-ring (bicyclic) bond motifs is 7. The first-order valence-corrected chi connectivity index (χ1v) is 22.4. The normalized spacial score (nSPS) is 17.0. The van der Waals surface area contributed by atoms with E-state index in [4.69, 9.17) is 25.8 Å². The molecule has 1 aromatic carbocycles. The van der Waals surface area contributed by atoms with Gasteiger partial charge in [0.05, 0.1) is 36.8 Å². The number of hydrogen-bond acceptors (Lipinski definition) is 14. The topological polar surface area (TPSA) is 149 Å². The number of halogens is 1. The number of thiophene rings is 2. The quantitative estimate of drug-likeness (QED) is 0.120. The first-order valence-electron chi connectivity index (χ1n) is 19.6. The van der Waals surface area contributed by atoms with Gasteiger partial charge in [-0.25, -0.2) is 19.9 Å². The molecule has 4 aromatic heterocycles. The van der Waals surface area contributed by atoms with Crippen molar-refractivity contribution in [3.05, 3.63) is 56.4 Å². The zero-order valence-corrected chi connectivity index (χ0v) is 36.6. The number of thioether (sulfide) groups is 1. The number of ether oxygens (including phenoxy) is 3. The minimum absolute atomic E-state index is 0.0249. The van der Waals surface area contributed by atoms with Crippen LogP contribution in [-0.2, 0) is 56.0 Å². The summed E-state index contributed by atoms with van der Waals surface area (Å²) >= 11 is 10.8. The minimum atomic E-state index is -0.0249. The maximum absolute atomic E-state index is 13.1. The van der Waals surface area contributed by atoms with Gasteiger partial charge in [-0.15, -0.1) is 22.7 Å². The second-order valence-electron chi connectivity index (χ2n) is 14.4. The van der Waals surface area contributed by atoms with Crippen molar-refractivity contribution in [1.82, 2.24) is 29.7 Å². The summed E-state index contributed by atoms with van der Waals surface area (Å²) in [7, 11) is 4.95. The molecule has 5 heterocycles. The molecule has 5 aromatic rings. The summed E-state index contributed by atoms with van der Waals surface area (Å²) < 4.78 is 15.9. The van der Waals surface area contributed by atoms with Crippen LogP contribution in [0.2, 0.25) is 5.15 Å². The molecule has 2 amide bonds. The molecule has 0 saturated carbocycles. The molecule has 2 unspecified atom stereocenters. The Bertz CT molecular complexity index is 2320. The van der Waals surface area contributed by atoms with Crippen molar-refractivity contribution in [2.24, 2.45) is 11.8 Å². The Morgan fingerprint density at radius 2 is 1.40 bits per heavy atom. The largest absolute Gasteiger partial charge is 0.495 e. The summed E-state index contributed by atoms with van der Waals surface area (Å²) in [4.78, 5) is 64.3. The Hall–Kier alpha value is -3.93. The third-order valence-electron chi connectivity index (χ3n) is 11.1. The average molecular weight is 867 g/mol. The highest BCUT2D eigenvalue weighted by Crippen LogP contribution is 2.44. The van der Waals surface area contributed by atoms with Crippen LogP contribution in [0.25, 0.3) is 20.4 Å². The zero-order valence-electron chi connectivity index (χ0n) is 33.4. The Morgan fingerprint density at radius 3 is 1.97 bits per heavy atom. The van der Waals surface area contributed by atoms with Gasteiger partial charge in [-0.3, -0.25) is 14.4 Å². The lowest BCUT2D eigenvalue weighted by Gasteiger charge is -2.28. The second-order valence-corrected chi connectivity index (χ2v) is 18.0. The van der Waals surface area contributed by atoms with Crippen LogP contribution in [0.4, 0.5) is 11.5 Å². The van der Waals surface area contributed by atoms with E-state index in [9.17, 15) is 14.4 Å². The number of nitrogens with zero attached hydrogens (tertiary/aromatic N) is 6. The molecular weight excluding hydrogens is 818 g/mol. The van der Waals surface area contributed by atoms with E-state index in [0.717, 1.165) is 87.5 Å². The maximum atomic E-state index is 13.1. The van der Waals surface area contributed by atoms with Gasteiger partial charge >= 0.3 is 0 Å². The van der Waals surface area contributed by atoms with Crippen LogP contribution < -0.4 is 10.1 Å². The second kappa shape index (κ2) is 19.0. The molecule has 2 atom stereocenters. The summed E-state index contributed by atoms with van der Waals surface area (Å²) in [5.41, 5.74) is 4.22. The van der Waals surface area contributed by atoms with Gasteiger partial charge in [-0.1, -0.05) is 23.4 Å². The molecule has 1 aliphatic heterocycles. The Labute approximate surface area is 355 Å². The summed E-state index contributed by atoms with van der Waals surface area (Å²) in [6, 6.07) is 3.89. The minimum Gasteiger partial charge on any atom is -0.495 e. The number of anilines is 2. The van der Waals surface area contributed by atoms with Crippen LogP contribution in [0.3, 0.4) is 0 Å². The molecule has 0 bridgehead atoms. The van der Waals surface area contributed by atoms with Gasteiger partial charge in [0.2, 0.25) is 11.8 Å². The molecule has 1 N–H and O–H groups in total. The zero-order chi connectivity index (χ0) is 40.9. The van der Waals surface area contributed by atoms with Gasteiger partial charge < -0.3 is 29.3 Å². The third kappa shape index (κ3) is 8.82. The van der Waals surface area contributed by atoms with E-state index in [2.05, 4.69) is 25.3 Å². The van der Waals surface area contributed by atoms with Crippen molar-refractivity contribution >= 4 is 94.9 Å². The van der Waals surface area contributed by atoms with Crippen LogP contribution >= 0.6 is 46.0 Å². The number of carbonyl (C=O) groups is 3. The van der Waals surface area contributed by atoms with E-state index in [1.165, 1.54) is 39.0 Å². The first kappa shape index (κ1) is 42.2. The van der Waals surface area contributed by atoms with Gasteiger partial charge in [0.25, 0.3) is 0 Å². The number of benzene rings is 1. The molecule has 0 spiro atoms. The highest BCUT2D eigenvalue weighted by atomic mass is 35.5. The molecule has 3 aliphatic rings. The van der Waals surface area contributed by atoms with Crippen LogP contribution in [0.1, 0.15) is 53.1 Å². The predicted molar refractivity (Wildman–Crippen MR) is 230 cm³/mol. The fraction of sp³-hybridized carbons (Fsp3) is 0.488. The smallest absolute Gasteiger partial charge is 0.226 e. The summed E-state index contributed by atoms with van der Waals surface area (Å²) in [5.74, 6) is 1.84. The molecule has 13 nitrogen and oxygen atoms in total. The molecule has 17 heteroatoms. The van der Waals surface area contributed by atoms with E-state index in [0.29, 0.717) is 50.2 Å². The van der Waals surface area contributed by atoms with Crippen molar-refractivity contribution in [2.75, 3.05) is 66.0 Å². The maximum Gasteiger partial charge on any atom is 0.226 e. The van der Waals surface area contributed by atoms with E-state index < -0.39 is 0 Å². The van der Waals surface area contributed by atoms with Gasteiger partial charge in [0.1, 0.15) is 39.0 Å². The average Bonchev–Trinajstić information content (AvgIpc) is 3.92. The van der Waals surface area contributed by atoms with Crippen LogP contribution in [0.5, 0.6) is 5.75 Å². The molecule has 8 rings (SSSR count). The van der Waals surface area contributed by atoms with Gasteiger partial charge in [0, 0.05) is 73.3 Å². The highest BCUT2D eigenvalue weighted by Gasteiger charge is 2.33. The number of aryl methyl sites for hydroxylation is 2. The standard InChI is InChI=1S/C25H28N4O4S2.C16H20ClN3O2S/c1-4-29(7-8-32-2)25(31)14-5-6-16-20(10-14)35-24-22(16)23(26-13-27-24)28-17-12-19-15(9-18(17)33-3)11-21(30)34-19;1-3-20(6-7-22-2)16(21)10-4-5-11-12(8-10)23-15-13(11)14(17)18-9-19-15/h9,12-14H,4-8,10-11H2,1-3H3,(H,26,27,28);9-10H,3-8H2,1-2H3. The predicted octanol–water partition coefficient (Wildman–Crippen LogP) is 7.16. The molecule has 2 aliphatic carbocycles. The Kier molecular flexibility index (Phi) is 13.8. The Balaban J connectivity index is 0.000000193. The number of methoxy groups -OCH3 is 3. The molecule has 58 heavy (non-hydrogen) atoms. The Morgan fingerprint density at radius 1 is 0.828 bits per heavy atom. The number of amides is 2. The number of nitrogens with one attached hydrogen (secondary N) is 1. The molecule has 0 saturated heterocycles. The van der Waals surface area contributed by atoms with Crippen LogP contribution in [0, 0.1) is 11.8 Å². The summed E-state index contributed by atoms with van der Waals surface area (Å²) in [5, 5.41) is 6.10. The van der Waals surface area contributed by atoms with E-state index in [1.807, 2.05) is 35.8 Å². The lowest BCUT2D eigenvalue weighted by molar-refractivity contribution is -0.137. The van der Waals surface area contributed by atoms with Crippen molar-refractivity contribution in [3.8, 4) is 5.75 Å². The number of carbonyl (C=O) groups excluding carboxylic acids is 3. The molecule has 0 fully saturated rings. The lowest BCUT2D eigenvalue weighted by atomic mass is 9.87. The van der Waals surface area contributed by atoms with Crippen molar-refractivity contribution in [1.29, 1.82) is 0 Å². The van der Waals surface area contributed by atoms with E-state index in [1.54, 1.807) is 50.3 Å². The molecular formula is C41H48ClN7O6S3. The summed E-state index contributed by atoms with van der Waals surface area (Å²) in [6.07, 6.45) is 8.31. The van der Waals surface area contributed by atoms with Crippen molar-refractivity contribution < 1.29 is 28.6 Å². The monoisotopic (exact) mass is 865 g/mol. The lowest BCUT2D eigenvalue weighted by Crippen LogP contribution is -2.39. The fourth-order valence-corrected chi connectivity index (χ4v) is 11.8. The van der Waals surface area contributed by atoms with Gasteiger partial charge in [0.15, 0.2) is 5.12 Å². The van der Waals surface area contributed by atoms with Crippen molar-refractivity contribution in [2.45, 2.75) is 63.7 Å². The molecule has 308 valence electrons. The third-order valence-corrected chi connectivity index (χ3v) is 14.6. The summed E-state index contributed by atoms with van der Waals surface area (Å²) in [6.45, 7) is 7.81. The number of hydrogen-bond donors (Lipinski definition) is 1.